The molecule has 0 aromatic carbocycles. The van der Waals surface area contributed by atoms with E-state index < -0.39 is 0 Å². The highest BCUT2D eigenvalue weighted by Crippen LogP contribution is 2.06. The lowest BCUT2D eigenvalue weighted by Gasteiger charge is -1.93. The number of nitrogen functional groups attached to an aromatic ring is 1. The van der Waals surface area contributed by atoms with Gasteiger partial charge >= 0.3 is 0 Å². The van der Waals surface area contributed by atoms with Gasteiger partial charge in [0.2, 0.25) is 0 Å². The van der Waals surface area contributed by atoms with Crippen LogP contribution < -0.4 is 5.73 Å². The molecular weight excluding hydrogens is 150 g/mol. The first-order valence-electron chi connectivity index (χ1n) is 4.04. The summed E-state index contributed by atoms with van der Waals surface area (Å²) in [5.41, 5.74) is 6.94. The normalized spacial score (nSPS) is 9.25. The zero-order chi connectivity index (χ0) is 9.40. The molecule has 0 radical (unpaired) electrons. The van der Waals surface area contributed by atoms with Crippen molar-refractivity contribution in [2.75, 3.05) is 5.73 Å². The number of anilines is 1. The number of hydrogen-bond donors (Lipinski definition) is 1. The van der Waals surface area contributed by atoms with Gasteiger partial charge in [-0.15, -0.1) is 5.10 Å². The Morgan fingerprint density at radius 2 is 2.08 bits per heavy atom. The summed E-state index contributed by atoms with van der Waals surface area (Å²) >= 11 is 0. The lowest BCUT2D eigenvalue weighted by molar-refractivity contribution is 1.02. The average Bonchev–Trinajstić information content (AvgIpc) is 2.13. The van der Waals surface area contributed by atoms with E-state index in [2.05, 4.69) is 10.2 Å². The second-order valence-electron chi connectivity index (χ2n) is 1.87. The number of nitrogens with two attached hydrogens (primary N) is 1. The van der Waals surface area contributed by atoms with Gasteiger partial charge in [-0.05, 0) is 19.1 Å². The van der Waals surface area contributed by atoms with Crippen LogP contribution in [-0.4, -0.2) is 10.2 Å². The predicted octanol–water partition coefficient (Wildman–Crippen LogP) is 2.12. The maximum Gasteiger partial charge on any atom is 0.108 e. The van der Waals surface area contributed by atoms with E-state index in [1.54, 1.807) is 12.3 Å². The van der Waals surface area contributed by atoms with Crippen LogP contribution in [0.1, 0.15) is 26.5 Å². The van der Waals surface area contributed by atoms with Crippen LogP contribution in [0, 0.1) is 0 Å². The van der Waals surface area contributed by atoms with E-state index in [0.717, 1.165) is 5.69 Å². The molecule has 0 fully saturated rings. The molecule has 3 nitrogen and oxygen atoms in total. The molecule has 1 rings (SSSR count). The summed E-state index contributed by atoms with van der Waals surface area (Å²) in [4.78, 5) is 0. The third kappa shape index (κ3) is 3.14. The predicted molar refractivity (Wildman–Crippen MR) is 52.5 cm³/mol. The van der Waals surface area contributed by atoms with Crippen molar-refractivity contribution in [3.63, 3.8) is 0 Å². The topological polar surface area (TPSA) is 51.8 Å². The summed E-state index contributed by atoms with van der Waals surface area (Å²) in [6.45, 7) is 5.91. The second kappa shape index (κ2) is 6.34. The van der Waals surface area contributed by atoms with Crippen molar-refractivity contribution in [2.45, 2.75) is 20.8 Å². The smallest absolute Gasteiger partial charge is 0.108 e. The summed E-state index contributed by atoms with van der Waals surface area (Å²) in [5, 5.41) is 7.49. The maximum absolute atomic E-state index is 5.55. The minimum absolute atomic E-state index is 0.660. The van der Waals surface area contributed by atoms with Gasteiger partial charge in [0.05, 0.1) is 11.9 Å². The Hall–Kier alpha value is -1.38. The van der Waals surface area contributed by atoms with E-state index in [-0.39, 0.29) is 0 Å². The van der Waals surface area contributed by atoms with Crippen LogP contribution in [0.15, 0.2) is 18.3 Å². The summed E-state index contributed by atoms with van der Waals surface area (Å²) in [6, 6.07) is 1.72. The van der Waals surface area contributed by atoms with Crippen molar-refractivity contribution >= 4 is 11.8 Å². The highest BCUT2D eigenvalue weighted by Gasteiger charge is 1.91. The first-order valence-corrected chi connectivity index (χ1v) is 4.04. The van der Waals surface area contributed by atoms with Crippen molar-refractivity contribution in [1.29, 1.82) is 0 Å². The van der Waals surface area contributed by atoms with Crippen molar-refractivity contribution in [2.24, 2.45) is 0 Å². The lowest BCUT2D eigenvalue weighted by atomic mass is 10.3. The van der Waals surface area contributed by atoms with Gasteiger partial charge < -0.3 is 5.73 Å². The number of aromatic nitrogens is 2. The summed E-state index contributed by atoms with van der Waals surface area (Å²) in [5.74, 6) is 0. The van der Waals surface area contributed by atoms with Gasteiger partial charge in [-0.3, -0.25) is 0 Å². The van der Waals surface area contributed by atoms with E-state index in [1.807, 2.05) is 32.9 Å². The first-order chi connectivity index (χ1) is 5.84. The minimum atomic E-state index is 0.660. The minimum Gasteiger partial charge on any atom is -0.397 e. The van der Waals surface area contributed by atoms with E-state index in [9.17, 15) is 0 Å². The van der Waals surface area contributed by atoms with Crippen LogP contribution in [0.3, 0.4) is 0 Å². The fraction of sp³-hybridized carbons (Fsp3) is 0.333. The van der Waals surface area contributed by atoms with E-state index >= 15 is 0 Å². The summed E-state index contributed by atoms with van der Waals surface area (Å²) in [7, 11) is 0. The Labute approximate surface area is 73.3 Å². The molecule has 0 aliphatic heterocycles. The molecule has 0 unspecified atom stereocenters. The molecule has 0 saturated heterocycles. The molecular formula is C9H15N3. The molecule has 0 spiro atoms. The number of allylic oxidation sites excluding steroid dienone is 1. The average molecular weight is 165 g/mol. The Bertz CT molecular complexity index is 243. The molecule has 0 bridgehead atoms. The molecule has 2 N–H and O–H groups in total. The monoisotopic (exact) mass is 165 g/mol. The quantitative estimate of drug-likeness (QED) is 0.693. The fourth-order valence-corrected chi connectivity index (χ4v) is 0.640. The van der Waals surface area contributed by atoms with E-state index in [4.69, 9.17) is 5.73 Å². The van der Waals surface area contributed by atoms with Crippen LogP contribution in [0.2, 0.25) is 0 Å². The fourth-order valence-electron chi connectivity index (χ4n) is 0.640. The molecule has 12 heavy (non-hydrogen) atoms. The lowest BCUT2D eigenvalue weighted by Crippen LogP contribution is -1.93. The highest BCUT2D eigenvalue weighted by molar-refractivity contribution is 5.58. The molecule has 0 amide bonds. The van der Waals surface area contributed by atoms with E-state index in [0.29, 0.717) is 5.69 Å². The Balaban J connectivity index is 0.000000561. The Kier molecular flexibility index (Phi) is 5.61. The van der Waals surface area contributed by atoms with Gasteiger partial charge in [-0.25, -0.2) is 0 Å². The van der Waals surface area contributed by atoms with Gasteiger partial charge in [-0.2, -0.15) is 5.10 Å². The Morgan fingerprint density at radius 3 is 2.58 bits per heavy atom. The van der Waals surface area contributed by atoms with Crippen molar-refractivity contribution < 1.29 is 0 Å². The number of rotatable bonds is 1. The van der Waals surface area contributed by atoms with Crippen LogP contribution >= 0.6 is 0 Å². The van der Waals surface area contributed by atoms with Crippen molar-refractivity contribution in [1.82, 2.24) is 10.2 Å². The molecule has 0 saturated carbocycles. The highest BCUT2D eigenvalue weighted by atomic mass is 15.1. The zero-order valence-corrected chi connectivity index (χ0v) is 7.78. The second-order valence-corrected chi connectivity index (χ2v) is 1.87. The van der Waals surface area contributed by atoms with Crippen molar-refractivity contribution in [3.8, 4) is 0 Å². The number of nitrogens with zero attached hydrogens (tertiary/aromatic N) is 2. The van der Waals surface area contributed by atoms with Crippen LogP contribution in [0.25, 0.3) is 6.08 Å². The van der Waals surface area contributed by atoms with Crippen LogP contribution in [0.4, 0.5) is 5.69 Å². The summed E-state index contributed by atoms with van der Waals surface area (Å²) in [6.07, 6.45) is 5.27. The third-order valence-electron chi connectivity index (χ3n) is 1.11. The van der Waals surface area contributed by atoms with Gasteiger partial charge in [0.15, 0.2) is 0 Å². The van der Waals surface area contributed by atoms with Gasteiger partial charge in [0.25, 0.3) is 0 Å². The van der Waals surface area contributed by atoms with E-state index in [1.165, 1.54) is 0 Å². The molecule has 1 heterocycles. The molecule has 0 aliphatic rings. The first kappa shape index (κ1) is 10.6. The third-order valence-corrected chi connectivity index (χ3v) is 1.11. The van der Waals surface area contributed by atoms with Crippen LogP contribution in [-0.2, 0) is 0 Å². The molecule has 0 atom stereocenters. The molecule has 3 heteroatoms. The van der Waals surface area contributed by atoms with Crippen LogP contribution in [0.5, 0.6) is 0 Å². The Morgan fingerprint density at radius 1 is 1.42 bits per heavy atom. The standard InChI is InChI=1S/C7H9N3.C2H6/c1-2-3-7-6(8)4-5-9-10-7;1-2/h2-5H,1H3,(H2,8,9);1-2H3/b3-2-;. The molecule has 66 valence electrons. The zero-order valence-electron chi connectivity index (χ0n) is 7.78. The van der Waals surface area contributed by atoms with Gasteiger partial charge in [0.1, 0.15) is 5.69 Å². The summed E-state index contributed by atoms with van der Waals surface area (Å²) < 4.78 is 0. The molecule has 0 aliphatic carbocycles. The number of hydrogen-bond acceptors (Lipinski definition) is 3. The van der Waals surface area contributed by atoms with Gasteiger partial charge in [0, 0.05) is 0 Å². The van der Waals surface area contributed by atoms with Gasteiger partial charge in [-0.1, -0.05) is 19.9 Å². The molecule has 1 aromatic rings. The van der Waals surface area contributed by atoms with Crippen molar-refractivity contribution in [3.05, 3.63) is 24.0 Å². The maximum atomic E-state index is 5.55. The molecule has 1 aromatic heterocycles. The SMILES string of the molecule is C/C=C\c1nnccc1N.CC. The largest absolute Gasteiger partial charge is 0.397 e.